The fraction of sp³-hybridized carbons (Fsp3) is 0.258. The van der Waals surface area contributed by atoms with Crippen LogP contribution in [-0.2, 0) is 9.53 Å². The second-order valence-corrected chi connectivity index (χ2v) is 11.0. The number of nitrogens with zero attached hydrogens (tertiary/aromatic N) is 3. The number of esters is 1. The predicted molar refractivity (Wildman–Crippen MR) is 153 cm³/mol. The van der Waals surface area contributed by atoms with Gasteiger partial charge in [-0.3, -0.25) is 9.36 Å². The SMILES string of the molecule is COc1ccc([C@H]2C(C(=O)OC(C)C)=C(C)N=c3sc(=Cc4cc(C)n(-c5ccc(F)cc5)c4C)c(=O)n32)cc1. The Labute approximate surface area is 235 Å². The monoisotopic (exact) mass is 559 g/mol. The van der Waals surface area contributed by atoms with Crippen molar-refractivity contribution >= 4 is 23.4 Å². The van der Waals surface area contributed by atoms with E-state index in [1.807, 2.05) is 42.7 Å². The van der Waals surface area contributed by atoms with Gasteiger partial charge in [-0.2, -0.15) is 0 Å². The molecule has 1 aliphatic heterocycles. The third-order valence-corrected chi connectivity index (χ3v) is 7.84. The van der Waals surface area contributed by atoms with Gasteiger partial charge >= 0.3 is 5.97 Å². The normalized spacial score (nSPS) is 15.3. The minimum atomic E-state index is -0.706. The number of carbonyl (C=O) groups is 1. The third kappa shape index (κ3) is 4.93. The van der Waals surface area contributed by atoms with Crippen LogP contribution in [0.4, 0.5) is 4.39 Å². The van der Waals surface area contributed by atoms with Crippen LogP contribution in [0.3, 0.4) is 0 Å². The van der Waals surface area contributed by atoms with E-state index in [1.54, 1.807) is 56.7 Å². The Balaban J connectivity index is 1.67. The molecule has 7 nitrogen and oxygen atoms in total. The molecule has 0 saturated heterocycles. The van der Waals surface area contributed by atoms with E-state index in [0.717, 1.165) is 28.2 Å². The molecule has 4 aromatic rings. The van der Waals surface area contributed by atoms with Crippen molar-refractivity contribution in [1.82, 2.24) is 9.13 Å². The van der Waals surface area contributed by atoms with Gasteiger partial charge in [-0.05, 0) is 94.3 Å². The number of hydrogen-bond acceptors (Lipinski definition) is 6. The number of thiazole rings is 1. The molecule has 5 rings (SSSR count). The highest BCUT2D eigenvalue weighted by molar-refractivity contribution is 7.07. The number of hydrogen-bond donors (Lipinski definition) is 0. The minimum Gasteiger partial charge on any atom is -0.497 e. The van der Waals surface area contributed by atoms with Gasteiger partial charge < -0.3 is 14.0 Å². The highest BCUT2D eigenvalue weighted by Crippen LogP contribution is 2.32. The molecule has 40 heavy (non-hydrogen) atoms. The van der Waals surface area contributed by atoms with Crippen LogP contribution < -0.4 is 19.6 Å². The molecule has 0 bridgehead atoms. The standard InChI is InChI=1S/C31H30FN3O4S/c1-17(2)39-30(37)27-19(4)33-31-35(28(27)21-7-13-25(38-6)14-8-21)29(36)26(40-31)16-22-15-18(3)34(20(22)5)24-11-9-23(32)10-12-24/h7-17,28H,1-6H3/t28-/m0/s1. The van der Waals surface area contributed by atoms with Crippen molar-refractivity contribution in [3.8, 4) is 11.4 Å². The number of benzene rings is 2. The maximum atomic E-state index is 14.0. The van der Waals surface area contributed by atoms with Crippen molar-refractivity contribution in [2.75, 3.05) is 7.11 Å². The van der Waals surface area contributed by atoms with Gasteiger partial charge in [-0.25, -0.2) is 14.2 Å². The minimum absolute atomic E-state index is 0.251. The Kier molecular flexibility index (Phi) is 7.33. The van der Waals surface area contributed by atoms with Crippen molar-refractivity contribution in [3.63, 3.8) is 0 Å². The van der Waals surface area contributed by atoms with E-state index >= 15 is 0 Å². The lowest BCUT2D eigenvalue weighted by atomic mass is 9.96. The molecule has 0 saturated carbocycles. The third-order valence-electron chi connectivity index (χ3n) is 6.86. The van der Waals surface area contributed by atoms with Gasteiger partial charge in [0.1, 0.15) is 11.6 Å². The maximum Gasteiger partial charge on any atom is 0.338 e. The Bertz CT molecular complexity index is 1810. The summed E-state index contributed by atoms with van der Waals surface area (Å²) < 4.78 is 28.5. The molecular formula is C31H30FN3O4S. The number of aryl methyl sites for hydroxylation is 1. The maximum absolute atomic E-state index is 14.0. The summed E-state index contributed by atoms with van der Waals surface area (Å²) in [5, 5.41) is 0. The molecule has 9 heteroatoms. The first kappa shape index (κ1) is 27.3. The molecule has 0 amide bonds. The lowest BCUT2D eigenvalue weighted by molar-refractivity contribution is -0.143. The number of carbonyl (C=O) groups excluding carboxylic acids is 1. The fourth-order valence-electron chi connectivity index (χ4n) is 5.02. The van der Waals surface area contributed by atoms with Gasteiger partial charge in [0.15, 0.2) is 4.80 Å². The van der Waals surface area contributed by atoms with Crippen LogP contribution in [0.5, 0.6) is 5.75 Å². The molecule has 0 aliphatic carbocycles. The van der Waals surface area contributed by atoms with Crippen molar-refractivity contribution in [2.45, 2.75) is 46.8 Å². The topological polar surface area (TPSA) is 74.8 Å². The van der Waals surface area contributed by atoms with Gasteiger partial charge in [-0.1, -0.05) is 23.5 Å². The fourth-order valence-corrected chi connectivity index (χ4v) is 6.06. The van der Waals surface area contributed by atoms with E-state index in [2.05, 4.69) is 4.99 Å². The molecule has 206 valence electrons. The molecule has 2 aromatic heterocycles. The molecule has 0 spiro atoms. The number of aromatic nitrogens is 2. The predicted octanol–water partition coefficient (Wildman–Crippen LogP) is 4.74. The van der Waals surface area contributed by atoms with Crippen LogP contribution in [0.15, 0.2) is 75.7 Å². The lowest BCUT2D eigenvalue weighted by Crippen LogP contribution is -2.40. The summed E-state index contributed by atoms with van der Waals surface area (Å²) in [5.74, 6) is -0.139. The van der Waals surface area contributed by atoms with Gasteiger partial charge in [-0.15, -0.1) is 0 Å². The van der Waals surface area contributed by atoms with E-state index in [4.69, 9.17) is 9.47 Å². The zero-order valence-electron chi connectivity index (χ0n) is 23.2. The van der Waals surface area contributed by atoms with Crippen molar-refractivity contribution in [2.24, 2.45) is 4.99 Å². The first-order valence-electron chi connectivity index (χ1n) is 12.9. The zero-order chi connectivity index (χ0) is 28.7. The largest absolute Gasteiger partial charge is 0.497 e. The Morgan fingerprint density at radius 1 is 1.07 bits per heavy atom. The van der Waals surface area contributed by atoms with Crippen LogP contribution in [0.1, 0.15) is 49.3 Å². The Morgan fingerprint density at radius 3 is 2.38 bits per heavy atom. The second kappa shape index (κ2) is 10.7. The average Bonchev–Trinajstić information content (AvgIpc) is 3.37. The molecule has 1 atom stereocenters. The number of fused-ring (bicyclic) bond motifs is 1. The number of ether oxygens (including phenoxy) is 2. The van der Waals surface area contributed by atoms with Crippen LogP contribution in [0, 0.1) is 19.7 Å². The molecule has 0 radical (unpaired) electrons. The molecule has 0 unspecified atom stereocenters. The number of rotatable bonds is 6. The van der Waals surface area contributed by atoms with E-state index in [-0.39, 0.29) is 17.5 Å². The number of halogens is 1. The van der Waals surface area contributed by atoms with Crippen LogP contribution in [0.25, 0.3) is 11.8 Å². The van der Waals surface area contributed by atoms with E-state index in [9.17, 15) is 14.0 Å². The average molecular weight is 560 g/mol. The van der Waals surface area contributed by atoms with Crippen LogP contribution >= 0.6 is 11.3 Å². The summed E-state index contributed by atoms with van der Waals surface area (Å²) in [5.41, 5.74) is 4.89. The molecule has 1 aliphatic rings. The van der Waals surface area contributed by atoms with Crippen LogP contribution in [-0.4, -0.2) is 28.3 Å². The van der Waals surface area contributed by atoms with Crippen molar-refractivity contribution in [1.29, 1.82) is 0 Å². The molecule has 2 aromatic carbocycles. The lowest BCUT2D eigenvalue weighted by Gasteiger charge is -2.25. The van der Waals surface area contributed by atoms with E-state index in [0.29, 0.717) is 26.4 Å². The Morgan fingerprint density at radius 2 is 1.75 bits per heavy atom. The second-order valence-electron chi connectivity index (χ2n) is 9.95. The van der Waals surface area contributed by atoms with Gasteiger partial charge in [0.05, 0.1) is 35.1 Å². The zero-order valence-corrected chi connectivity index (χ0v) is 24.0. The molecule has 3 heterocycles. The highest BCUT2D eigenvalue weighted by Gasteiger charge is 2.33. The summed E-state index contributed by atoms with van der Waals surface area (Å²) in [4.78, 5) is 32.4. The number of methoxy groups -OCH3 is 1. The van der Waals surface area contributed by atoms with Gasteiger partial charge in [0, 0.05) is 17.1 Å². The molecule has 0 fully saturated rings. The summed E-state index contributed by atoms with van der Waals surface area (Å²) in [6.45, 7) is 9.26. The van der Waals surface area contributed by atoms with E-state index < -0.39 is 12.0 Å². The summed E-state index contributed by atoms with van der Waals surface area (Å²) in [7, 11) is 1.58. The quantitative estimate of drug-likeness (QED) is 0.320. The van der Waals surface area contributed by atoms with Gasteiger partial charge in [0.25, 0.3) is 5.56 Å². The first-order chi connectivity index (χ1) is 19.1. The van der Waals surface area contributed by atoms with Crippen LogP contribution in [0.2, 0.25) is 0 Å². The van der Waals surface area contributed by atoms with Crippen molar-refractivity contribution < 1.29 is 18.7 Å². The summed E-state index contributed by atoms with van der Waals surface area (Å²) >= 11 is 1.27. The summed E-state index contributed by atoms with van der Waals surface area (Å²) in [6, 6.07) is 14.9. The first-order valence-corrected chi connectivity index (χ1v) is 13.7. The van der Waals surface area contributed by atoms with Crippen molar-refractivity contribution in [3.05, 3.63) is 114 Å². The number of allylic oxidation sites excluding steroid dienone is 1. The molecule has 0 N–H and O–H groups in total. The Hall–Kier alpha value is -4.24. The summed E-state index contributed by atoms with van der Waals surface area (Å²) in [6.07, 6.45) is 1.52. The molecular weight excluding hydrogens is 529 g/mol. The van der Waals surface area contributed by atoms with E-state index in [1.165, 1.54) is 23.5 Å². The highest BCUT2D eigenvalue weighted by atomic mass is 32.1. The smallest absolute Gasteiger partial charge is 0.338 e. The van der Waals surface area contributed by atoms with Gasteiger partial charge in [0.2, 0.25) is 0 Å².